The first-order valence-electron chi connectivity index (χ1n) is 6.77. The number of hydrogen-bond acceptors (Lipinski definition) is 2. The van der Waals surface area contributed by atoms with E-state index in [-0.39, 0.29) is 0 Å². The zero-order valence-corrected chi connectivity index (χ0v) is 14.3. The van der Waals surface area contributed by atoms with Gasteiger partial charge in [0.15, 0.2) is 0 Å². The fourth-order valence-electron chi connectivity index (χ4n) is 2.27. The first-order valence-corrected chi connectivity index (χ1v) is 12.5. The molecule has 0 saturated heterocycles. The fourth-order valence-corrected chi connectivity index (χ4v) is 11.5. The summed E-state index contributed by atoms with van der Waals surface area (Å²) in [6.45, 7) is 12.7. The molecule has 1 rings (SSSR count). The highest BCUT2D eigenvalue weighted by molar-refractivity contribution is 6.96. The Kier molecular flexibility index (Phi) is 5.78. The SMILES string of the molecule is CCO[Si](C[Si](C)(C)C)(OCC)c1ccccc1. The minimum atomic E-state index is -2.25. The zero-order valence-electron chi connectivity index (χ0n) is 12.3. The normalized spacial score (nSPS) is 12.7. The summed E-state index contributed by atoms with van der Waals surface area (Å²) in [6.07, 6.45) is 0. The van der Waals surface area contributed by atoms with Gasteiger partial charge in [0.1, 0.15) is 0 Å². The predicted molar refractivity (Wildman–Crippen MR) is 83.2 cm³/mol. The van der Waals surface area contributed by atoms with Crippen LogP contribution in [0.3, 0.4) is 0 Å². The summed E-state index contributed by atoms with van der Waals surface area (Å²) in [5, 5.41) is 1.27. The van der Waals surface area contributed by atoms with E-state index < -0.39 is 16.6 Å². The van der Waals surface area contributed by atoms with Gasteiger partial charge < -0.3 is 8.85 Å². The van der Waals surface area contributed by atoms with Crippen LogP contribution in [0.1, 0.15) is 13.8 Å². The molecule has 0 fully saturated rings. The van der Waals surface area contributed by atoms with Crippen molar-refractivity contribution in [1.29, 1.82) is 0 Å². The Hall–Kier alpha value is -0.426. The molecule has 0 spiro atoms. The monoisotopic (exact) mass is 282 g/mol. The highest BCUT2D eigenvalue weighted by Crippen LogP contribution is 2.22. The Morgan fingerprint density at radius 3 is 1.78 bits per heavy atom. The Bertz CT molecular complexity index is 341. The summed E-state index contributed by atoms with van der Waals surface area (Å²) in [6, 6.07) is 10.5. The summed E-state index contributed by atoms with van der Waals surface area (Å²) in [5.74, 6) is 0. The van der Waals surface area contributed by atoms with E-state index in [1.807, 2.05) is 0 Å². The van der Waals surface area contributed by atoms with Crippen molar-refractivity contribution >= 4 is 21.8 Å². The Balaban J connectivity index is 3.12. The molecular weight excluding hydrogens is 256 g/mol. The highest BCUT2D eigenvalue weighted by Gasteiger charge is 2.43. The molecule has 18 heavy (non-hydrogen) atoms. The van der Waals surface area contributed by atoms with Gasteiger partial charge >= 0.3 is 8.56 Å². The van der Waals surface area contributed by atoms with Crippen molar-refractivity contribution in [3.63, 3.8) is 0 Å². The van der Waals surface area contributed by atoms with Crippen molar-refractivity contribution in [2.75, 3.05) is 13.2 Å². The van der Waals surface area contributed by atoms with E-state index in [4.69, 9.17) is 8.85 Å². The summed E-state index contributed by atoms with van der Waals surface area (Å²) < 4.78 is 12.4. The first kappa shape index (κ1) is 15.6. The van der Waals surface area contributed by atoms with E-state index in [0.717, 1.165) is 18.9 Å². The molecule has 4 heteroatoms. The molecule has 0 aliphatic carbocycles. The maximum absolute atomic E-state index is 6.18. The van der Waals surface area contributed by atoms with Crippen LogP contribution in [0.15, 0.2) is 30.3 Å². The zero-order chi connectivity index (χ0) is 13.6. The van der Waals surface area contributed by atoms with Gasteiger partial charge in [-0.15, -0.1) is 0 Å². The first-order chi connectivity index (χ1) is 8.43. The van der Waals surface area contributed by atoms with Gasteiger partial charge in [0.25, 0.3) is 0 Å². The van der Waals surface area contributed by atoms with Gasteiger partial charge in [-0.1, -0.05) is 50.0 Å². The second kappa shape index (κ2) is 6.66. The van der Waals surface area contributed by atoms with Gasteiger partial charge in [-0.05, 0) is 24.7 Å². The van der Waals surface area contributed by atoms with Crippen molar-refractivity contribution in [3.8, 4) is 0 Å². The van der Waals surface area contributed by atoms with Crippen LogP contribution in [0.25, 0.3) is 0 Å². The lowest BCUT2D eigenvalue weighted by molar-refractivity contribution is 0.200. The van der Waals surface area contributed by atoms with Crippen LogP contribution in [0.2, 0.25) is 25.3 Å². The molecule has 0 bridgehead atoms. The van der Waals surface area contributed by atoms with Crippen LogP contribution in [0.4, 0.5) is 0 Å². The van der Waals surface area contributed by atoms with Gasteiger partial charge in [0.05, 0.1) is 0 Å². The lowest BCUT2D eigenvalue weighted by Crippen LogP contribution is -2.57. The second-order valence-corrected chi connectivity index (χ2v) is 14.9. The average Bonchev–Trinajstić information content (AvgIpc) is 2.28. The van der Waals surface area contributed by atoms with Crippen LogP contribution < -0.4 is 5.19 Å². The molecular formula is C14H26O2Si2. The standard InChI is InChI=1S/C14H26O2Si2/c1-6-15-18(16-7-2,13-17(3,4)5)14-11-9-8-10-12-14/h8-12H,6-7,13H2,1-5H3. The minimum absolute atomic E-state index is 0.728. The number of rotatable bonds is 7. The van der Waals surface area contributed by atoms with Gasteiger partial charge in [0, 0.05) is 21.3 Å². The number of benzene rings is 1. The van der Waals surface area contributed by atoms with Crippen LogP contribution in [-0.4, -0.2) is 29.8 Å². The molecule has 0 atom stereocenters. The highest BCUT2D eigenvalue weighted by atomic mass is 28.4. The van der Waals surface area contributed by atoms with E-state index in [1.54, 1.807) is 0 Å². The van der Waals surface area contributed by atoms with Gasteiger partial charge in [-0.3, -0.25) is 0 Å². The van der Waals surface area contributed by atoms with Gasteiger partial charge in [-0.25, -0.2) is 0 Å². The van der Waals surface area contributed by atoms with Crippen LogP contribution >= 0.6 is 0 Å². The van der Waals surface area contributed by atoms with E-state index in [0.29, 0.717) is 0 Å². The molecule has 0 radical (unpaired) electrons. The maximum atomic E-state index is 6.18. The van der Waals surface area contributed by atoms with E-state index in [2.05, 4.69) is 63.8 Å². The molecule has 0 N–H and O–H groups in total. The third-order valence-electron chi connectivity index (χ3n) is 2.73. The maximum Gasteiger partial charge on any atom is 0.369 e. The molecule has 0 saturated carbocycles. The third-order valence-corrected chi connectivity index (χ3v) is 11.6. The van der Waals surface area contributed by atoms with E-state index in [9.17, 15) is 0 Å². The molecule has 0 aliphatic heterocycles. The lowest BCUT2D eigenvalue weighted by Gasteiger charge is -2.34. The van der Waals surface area contributed by atoms with Crippen molar-refractivity contribution in [2.45, 2.75) is 39.2 Å². The summed E-state index contributed by atoms with van der Waals surface area (Å²) in [4.78, 5) is 0. The van der Waals surface area contributed by atoms with Crippen LogP contribution in [0.5, 0.6) is 0 Å². The van der Waals surface area contributed by atoms with Gasteiger partial charge in [-0.2, -0.15) is 0 Å². The molecule has 102 valence electrons. The molecule has 0 amide bonds. The summed E-state index contributed by atoms with van der Waals surface area (Å²) >= 11 is 0. The number of hydrogen-bond donors (Lipinski definition) is 0. The quantitative estimate of drug-likeness (QED) is 0.715. The predicted octanol–water partition coefficient (Wildman–Crippen LogP) is 3.29. The molecule has 0 heterocycles. The van der Waals surface area contributed by atoms with Crippen molar-refractivity contribution in [3.05, 3.63) is 30.3 Å². The van der Waals surface area contributed by atoms with Crippen molar-refractivity contribution in [1.82, 2.24) is 0 Å². The van der Waals surface area contributed by atoms with E-state index >= 15 is 0 Å². The van der Waals surface area contributed by atoms with Crippen LogP contribution in [-0.2, 0) is 8.85 Å². The molecule has 1 aromatic carbocycles. The third kappa shape index (κ3) is 4.35. The Morgan fingerprint density at radius 1 is 0.889 bits per heavy atom. The Morgan fingerprint density at radius 2 is 1.39 bits per heavy atom. The smallest absolute Gasteiger partial charge is 0.369 e. The van der Waals surface area contributed by atoms with Crippen molar-refractivity contribution in [2.24, 2.45) is 0 Å². The minimum Gasteiger partial charge on any atom is -0.391 e. The van der Waals surface area contributed by atoms with Gasteiger partial charge in [0.2, 0.25) is 0 Å². The van der Waals surface area contributed by atoms with Crippen molar-refractivity contribution < 1.29 is 8.85 Å². The largest absolute Gasteiger partial charge is 0.391 e. The second-order valence-electron chi connectivity index (χ2n) is 5.72. The molecule has 1 aromatic rings. The Labute approximate surface area is 114 Å². The molecule has 0 unspecified atom stereocenters. The van der Waals surface area contributed by atoms with E-state index in [1.165, 1.54) is 5.19 Å². The average molecular weight is 283 g/mol. The molecule has 0 aromatic heterocycles. The fraction of sp³-hybridized carbons (Fsp3) is 0.571. The lowest BCUT2D eigenvalue weighted by atomic mass is 10.4. The van der Waals surface area contributed by atoms with Crippen LogP contribution in [0, 0.1) is 0 Å². The molecule has 0 aliphatic rings. The summed E-state index contributed by atoms with van der Waals surface area (Å²) in [7, 11) is -3.48. The molecule has 2 nitrogen and oxygen atoms in total. The summed E-state index contributed by atoms with van der Waals surface area (Å²) in [5.41, 5.74) is 1.12. The topological polar surface area (TPSA) is 18.5 Å².